The summed E-state index contributed by atoms with van der Waals surface area (Å²) in [6, 6.07) is 8.15. The van der Waals surface area contributed by atoms with Gasteiger partial charge in [0.1, 0.15) is 12.7 Å². The van der Waals surface area contributed by atoms with Gasteiger partial charge >= 0.3 is 0 Å². The maximum Gasteiger partial charge on any atom is 0.257 e. The molecule has 22 heavy (non-hydrogen) atoms. The molecule has 0 saturated heterocycles. The van der Waals surface area contributed by atoms with Crippen LogP contribution in [0.5, 0.6) is 5.88 Å². The number of aromatic nitrogens is 3. The number of pyridine rings is 2. The number of rotatable bonds is 4. The second kappa shape index (κ2) is 5.67. The molecule has 0 saturated carbocycles. The highest BCUT2D eigenvalue weighted by Gasteiger charge is 2.13. The Kier molecular flexibility index (Phi) is 3.71. The lowest BCUT2D eigenvalue weighted by Gasteiger charge is -2.03. The van der Waals surface area contributed by atoms with E-state index in [4.69, 9.17) is 10.5 Å². The molecule has 0 aliphatic carbocycles. The molecule has 5 nitrogen and oxygen atoms in total. The molecule has 5 heteroatoms. The fourth-order valence-corrected chi connectivity index (χ4v) is 2.50. The largest absolute Gasteiger partial charge is 0.475 e. The zero-order valence-corrected chi connectivity index (χ0v) is 13.2. The number of nitrogens with zero attached hydrogens (tertiary/aromatic N) is 3. The van der Waals surface area contributed by atoms with Crippen molar-refractivity contribution < 1.29 is 9.30 Å². The minimum atomic E-state index is 0.508. The summed E-state index contributed by atoms with van der Waals surface area (Å²) < 4.78 is 9.67. The molecule has 3 heterocycles. The number of aryl methyl sites for hydroxylation is 3. The third kappa shape index (κ3) is 2.62. The summed E-state index contributed by atoms with van der Waals surface area (Å²) in [5, 5.41) is 4.49. The van der Waals surface area contributed by atoms with Crippen LogP contribution in [0.2, 0.25) is 0 Å². The molecule has 0 amide bonds. The Bertz CT molecular complexity index is 823. The maximum atomic E-state index is 6.15. The van der Waals surface area contributed by atoms with E-state index in [-0.39, 0.29) is 0 Å². The van der Waals surface area contributed by atoms with Crippen molar-refractivity contribution in [2.24, 2.45) is 7.05 Å². The fraction of sp³-hybridized carbons (Fsp3) is 0.294. The van der Waals surface area contributed by atoms with Crippen molar-refractivity contribution in [2.45, 2.75) is 20.3 Å². The van der Waals surface area contributed by atoms with Crippen molar-refractivity contribution in [3.8, 4) is 5.88 Å². The molecule has 0 atom stereocenters. The van der Waals surface area contributed by atoms with Gasteiger partial charge in [-0.15, -0.1) is 5.10 Å². The molecule has 114 valence electrons. The number of nitrogen functional groups attached to an aromatic ring is 1. The molecular weight excluding hydrogens is 276 g/mol. The first-order valence-corrected chi connectivity index (χ1v) is 7.37. The van der Waals surface area contributed by atoms with Crippen LogP contribution in [-0.2, 0) is 13.5 Å². The van der Waals surface area contributed by atoms with E-state index in [9.17, 15) is 0 Å². The zero-order chi connectivity index (χ0) is 15.7. The van der Waals surface area contributed by atoms with Crippen LogP contribution in [0.15, 0.2) is 36.7 Å². The van der Waals surface area contributed by atoms with Crippen LogP contribution < -0.4 is 15.0 Å². The molecule has 0 aromatic carbocycles. The summed E-state index contributed by atoms with van der Waals surface area (Å²) in [6.45, 7) is 4.64. The quantitative estimate of drug-likeness (QED) is 0.749. The first-order chi connectivity index (χ1) is 10.6. The second-order valence-electron chi connectivity index (χ2n) is 5.59. The molecule has 0 aliphatic heterocycles. The van der Waals surface area contributed by atoms with Crippen molar-refractivity contribution in [1.82, 2.24) is 9.61 Å². The Morgan fingerprint density at radius 1 is 1.27 bits per heavy atom. The number of ether oxygens (including phenoxy) is 1. The number of hydrogen-bond acceptors (Lipinski definition) is 3. The van der Waals surface area contributed by atoms with Gasteiger partial charge in [0.05, 0.1) is 12.1 Å². The Morgan fingerprint density at radius 3 is 2.86 bits per heavy atom. The number of fused-ring (bicyclic) bond motifs is 1. The van der Waals surface area contributed by atoms with Gasteiger partial charge in [0.2, 0.25) is 0 Å². The average molecular weight is 297 g/mol. The van der Waals surface area contributed by atoms with E-state index in [0.717, 1.165) is 17.6 Å². The molecule has 2 N–H and O–H groups in total. The lowest BCUT2D eigenvalue weighted by molar-refractivity contribution is -0.671. The summed E-state index contributed by atoms with van der Waals surface area (Å²) >= 11 is 0. The van der Waals surface area contributed by atoms with E-state index in [0.29, 0.717) is 18.2 Å². The van der Waals surface area contributed by atoms with Crippen molar-refractivity contribution >= 4 is 11.2 Å². The van der Waals surface area contributed by atoms with E-state index >= 15 is 0 Å². The van der Waals surface area contributed by atoms with Gasteiger partial charge in [0, 0.05) is 23.7 Å². The number of nitrogens with two attached hydrogens (primary N) is 1. The normalized spacial score (nSPS) is 11.0. The summed E-state index contributed by atoms with van der Waals surface area (Å²) in [4.78, 5) is 0. The zero-order valence-electron chi connectivity index (χ0n) is 13.2. The lowest BCUT2D eigenvalue weighted by Crippen LogP contribution is -2.27. The van der Waals surface area contributed by atoms with Gasteiger partial charge in [-0.25, -0.2) is 9.08 Å². The Hall–Kier alpha value is -2.56. The monoisotopic (exact) mass is 297 g/mol. The third-order valence-corrected chi connectivity index (χ3v) is 3.94. The predicted molar refractivity (Wildman–Crippen MR) is 85.9 cm³/mol. The van der Waals surface area contributed by atoms with Crippen LogP contribution in [0.1, 0.15) is 16.8 Å². The minimum absolute atomic E-state index is 0.508. The molecule has 3 aromatic heterocycles. The highest BCUT2D eigenvalue weighted by molar-refractivity contribution is 5.75. The molecule has 0 spiro atoms. The van der Waals surface area contributed by atoms with E-state index in [2.05, 4.69) is 30.4 Å². The summed E-state index contributed by atoms with van der Waals surface area (Å²) in [5.74, 6) is 0.508. The van der Waals surface area contributed by atoms with Crippen LogP contribution in [0, 0.1) is 13.8 Å². The summed E-state index contributed by atoms with van der Waals surface area (Å²) in [7, 11) is 2.01. The van der Waals surface area contributed by atoms with E-state index in [1.165, 1.54) is 11.1 Å². The van der Waals surface area contributed by atoms with E-state index in [1.807, 2.05) is 41.4 Å². The first kappa shape index (κ1) is 14.4. The standard InChI is InChI=1S/C17H21N4O/c1-12-6-7-15-16(18)17(19-21(15)13(12)2)22-10-8-14-5-4-9-20(3)11-14/h4-7,9,11H,8,10,18H2,1-3H3/q+1. The van der Waals surface area contributed by atoms with Gasteiger partial charge < -0.3 is 10.5 Å². The van der Waals surface area contributed by atoms with Gasteiger partial charge in [0.15, 0.2) is 12.4 Å². The number of hydrogen-bond donors (Lipinski definition) is 1. The van der Waals surface area contributed by atoms with E-state index < -0.39 is 0 Å². The molecular formula is C17H21N4O+. The summed E-state index contributed by atoms with van der Waals surface area (Å²) in [6.07, 6.45) is 4.92. The van der Waals surface area contributed by atoms with Crippen LogP contribution in [0.25, 0.3) is 5.52 Å². The number of anilines is 1. The minimum Gasteiger partial charge on any atom is -0.475 e. The topological polar surface area (TPSA) is 56.4 Å². The van der Waals surface area contributed by atoms with Gasteiger partial charge in [-0.3, -0.25) is 0 Å². The molecule has 0 bridgehead atoms. The maximum absolute atomic E-state index is 6.15. The predicted octanol–water partition coefficient (Wildman–Crippen LogP) is 1.98. The molecule has 0 unspecified atom stereocenters. The smallest absolute Gasteiger partial charge is 0.257 e. The average Bonchev–Trinajstić information content (AvgIpc) is 2.81. The summed E-state index contributed by atoms with van der Waals surface area (Å²) in [5.41, 5.74) is 11.1. The Balaban J connectivity index is 1.77. The second-order valence-corrected chi connectivity index (χ2v) is 5.59. The van der Waals surface area contributed by atoms with Gasteiger partial charge in [-0.1, -0.05) is 6.07 Å². The van der Waals surface area contributed by atoms with E-state index in [1.54, 1.807) is 0 Å². The SMILES string of the molecule is Cc1ccc2c(N)c(OCCc3ccc[n+](C)c3)nn2c1C. The highest BCUT2D eigenvalue weighted by Crippen LogP contribution is 2.27. The van der Waals surface area contributed by atoms with Crippen molar-refractivity contribution in [2.75, 3.05) is 12.3 Å². The third-order valence-electron chi connectivity index (χ3n) is 3.94. The Morgan fingerprint density at radius 2 is 2.09 bits per heavy atom. The first-order valence-electron chi connectivity index (χ1n) is 7.37. The van der Waals surface area contributed by atoms with Crippen molar-refractivity contribution in [3.05, 3.63) is 53.5 Å². The lowest BCUT2D eigenvalue weighted by atomic mass is 10.2. The van der Waals surface area contributed by atoms with Crippen LogP contribution in [0.3, 0.4) is 0 Å². The molecule has 3 aromatic rings. The van der Waals surface area contributed by atoms with Crippen molar-refractivity contribution in [1.29, 1.82) is 0 Å². The molecule has 0 fully saturated rings. The van der Waals surface area contributed by atoms with Crippen LogP contribution in [-0.4, -0.2) is 16.2 Å². The molecule has 3 rings (SSSR count). The Labute approximate surface area is 130 Å². The van der Waals surface area contributed by atoms with Gasteiger partial charge in [0.25, 0.3) is 5.88 Å². The van der Waals surface area contributed by atoms with Crippen LogP contribution in [0.4, 0.5) is 5.69 Å². The fourth-order valence-electron chi connectivity index (χ4n) is 2.50. The van der Waals surface area contributed by atoms with Gasteiger partial charge in [-0.05, 0) is 31.5 Å². The van der Waals surface area contributed by atoms with Gasteiger partial charge in [-0.2, -0.15) is 0 Å². The molecule has 0 aliphatic rings. The molecule has 0 radical (unpaired) electrons. The van der Waals surface area contributed by atoms with Crippen LogP contribution >= 0.6 is 0 Å². The highest BCUT2D eigenvalue weighted by atomic mass is 16.5. The van der Waals surface area contributed by atoms with Crippen molar-refractivity contribution in [3.63, 3.8) is 0 Å².